The van der Waals surface area contributed by atoms with Crippen LogP contribution in [0.1, 0.15) is 13.8 Å². The normalized spacial score (nSPS) is 14.2. The molecule has 1 atom stereocenters. The third kappa shape index (κ3) is 3.78. The molecule has 0 heterocycles. The maximum atomic E-state index is 10.4. The number of hydrogen-bond acceptors (Lipinski definition) is 2. The standard InChI is InChI=1S/C8H15NO2/c1-4-5-6-9(3)7(2)8(10)11/h4-5,7H,6H2,1-3H3,(H,10,11)/b5-4+. The molecule has 0 rings (SSSR count). The van der Waals surface area contributed by atoms with E-state index in [1.54, 1.807) is 18.9 Å². The zero-order valence-corrected chi connectivity index (χ0v) is 7.24. The van der Waals surface area contributed by atoms with Crippen LogP contribution < -0.4 is 0 Å². The first-order valence-electron chi connectivity index (χ1n) is 3.63. The fraction of sp³-hybridized carbons (Fsp3) is 0.625. The van der Waals surface area contributed by atoms with Crippen molar-refractivity contribution in [1.29, 1.82) is 0 Å². The average Bonchev–Trinajstić information content (AvgIpc) is 1.98. The summed E-state index contributed by atoms with van der Waals surface area (Å²) in [6.07, 6.45) is 3.84. The number of likely N-dealkylation sites (N-methyl/N-ethyl adjacent to an activating group) is 1. The van der Waals surface area contributed by atoms with Crippen molar-refractivity contribution in [1.82, 2.24) is 4.90 Å². The van der Waals surface area contributed by atoms with E-state index in [0.717, 1.165) is 0 Å². The lowest BCUT2D eigenvalue weighted by atomic mass is 10.3. The first kappa shape index (κ1) is 10.2. The van der Waals surface area contributed by atoms with Crippen molar-refractivity contribution in [3.8, 4) is 0 Å². The van der Waals surface area contributed by atoms with E-state index in [1.165, 1.54) is 0 Å². The van der Waals surface area contributed by atoms with Crippen LogP contribution in [0.2, 0.25) is 0 Å². The van der Waals surface area contributed by atoms with Gasteiger partial charge in [-0.3, -0.25) is 9.69 Å². The summed E-state index contributed by atoms with van der Waals surface area (Å²) in [4.78, 5) is 12.2. The molecule has 0 aromatic heterocycles. The predicted octanol–water partition coefficient (Wildman–Crippen LogP) is 0.967. The summed E-state index contributed by atoms with van der Waals surface area (Å²) in [5.41, 5.74) is 0. The lowest BCUT2D eigenvalue weighted by Gasteiger charge is -2.18. The number of carbonyl (C=O) groups is 1. The van der Waals surface area contributed by atoms with E-state index in [4.69, 9.17) is 5.11 Å². The summed E-state index contributed by atoms with van der Waals surface area (Å²) in [5.74, 6) is -0.781. The molecule has 0 fully saturated rings. The first-order chi connectivity index (χ1) is 5.09. The largest absolute Gasteiger partial charge is 0.480 e. The van der Waals surface area contributed by atoms with Gasteiger partial charge in [0.25, 0.3) is 0 Å². The van der Waals surface area contributed by atoms with Gasteiger partial charge in [0.2, 0.25) is 0 Å². The quantitative estimate of drug-likeness (QED) is 0.618. The third-order valence-electron chi connectivity index (χ3n) is 1.65. The molecule has 64 valence electrons. The minimum absolute atomic E-state index is 0.411. The number of hydrogen-bond donors (Lipinski definition) is 1. The molecule has 1 N–H and O–H groups in total. The minimum atomic E-state index is -0.781. The lowest BCUT2D eigenvalue weighted by Crippen LogP contribution is -2.35. The van der Waals surface area contributed by atoms with E-state index in [-0.39, 0.29) is 0 Å². The maximum Gasteiger partial charge on any atom is 0.320 e. The number of carboxylic acid groups (broad SMARTS) is 1. The Morgan fingerprint density at radius 1 is 1.73 bits per heavy atom. The van der Waals surface area contributed by atoms with Crippen molar-refractivity contribution in [2.75, 3.05) is 13.6 Å². The second-order valence-corrected chi connectivity index (χ2v) is 2.52. The van der Waals surface area contributed by atoms with E-state index in [9.17, 15) is 4.79 Å². The van der Waals surface area contributed by atoms with Gasteiger partial charge in [-0.05, 0) is 20.9 Å². The van der Waals surface area contributed by atoms with E-state index < -0.39 is 12.0 Å². The molecule has 0 spiro atoms. The maximum absolute atomic E-state index is 10.4. The topological polar surface area (TPSA) is 40.5 Å². The smallest absolute Gasteiger partial charge is 0.320 e. The van der Waals surface area contributed by atoms with Crippen molar-refractivity contribution >= 4 is 5.97 Å². The zero-order chi connectivity index (χ0) is 8.85. The molecular formula is C8H15NO2. The van der Waals surface area contributed by atoms with Crippen molar-refractivity contribution in [2.45, 2.75) is 19.9 Å². The fourth-order valence-corrected chi connectivity index (χ4v) is 0.618. The second kappa shape index (κ2) is 4.91. The molecule has 11 heavy (non-hydrogen) atoms. The predicted molar refractivity (Wildman–Crippen MR) is 44.5 cm³/mol. The monoisotopic (exact) mass is 157 g/mol. The number of rotatable bonds is 4. The molecule has 0 radical (unpaired) electrons. The first-order valence-corrected chi connectivity index (χ1v) is 3.63. The Kier molecular flexibility index (Phi) is 4.54. The second-order valence-electron chi connectivity index (χ2n) is 2.52. The average molecular weight is 157 g/mol. The third-order valence-corrected chi connectivity index (χ3v) is 1.65. The van der Waals surface area contributed by atoms with Gasteiger partial charge in [-0.15, -0.1) is 0 Å². The van der Waals surface area contributed by atoms with Crippen molar-refractivity contribution < 1.29 is 9.90 Å². The zero-order valence-electron chi connectivity index (χ0n) is 7.24. The van der Waals surface area contributed by atoms with E-state index >= 15 is 0 Å². The van der Waals surface area contributed by atoms with E-state index in [1.807, 2.05) is 19.1 Å². The van der Waals surface area contributed by atoms with Crippen LogP contribution in [0.3, 0.4) is 0 Å². The molecule has 0 saturated carbocycles. The molecule has 0 bridgehead atoms. The van der Waals surface area contributed by atoms with Gasteiger partial charge in [-0.2, -0.15) is 0 Å². The van der Waals surface area contributed by atoms with E-state index in [2.05, 4.69) is 0 Å². The van der Waals surface area contributed by atoms with Gasteiger partial charge >= 0.3 is 5.97 Å². The Hall–Kier alpha value is -0.830. The minimum Gasteiger partial charge on any atom is -0.480 e. The van der Waals surface area contributed by atoms with Crippen molar-refractivity contribution in [3.63, 3.8) is 0 Å². The van der Waals surface area contributed by atoms with Gasteiger partial charge in [0, 0.05) is 6.54 Å². The highest BCUT2D eigenvalue weighted by Crippen LogP contribution is 1.94. The van der Waals surface area contributed by atoms with Gasteiger partial charge in [-0.25, -0.2) is 0 Å². The van der Waals surface area contributed by atoms with Crippen LogP contribution in [-0.4, -0.2) is 35.6 Å². The summed E-state index contributed by atoms with van der Waals surface area (Å²) in [5, 5.41) is 8.59. The molecule has 0 aliphatic carbocycles. The Bertz CT molecular complexity index is 154. The summed E-state index contributed by atoms with van der Waals surface area (Å²) in [6, 6.07) is -0.411. The fourth-order valence-electron chi connectivity index (χ4n) is 0.618. The number of aliphatic carboxylic acids is 1. The Morgan fingerprint density at radius 2 is 2.27 bits per heavy atom. The van der Waals surface area contributed by atoms with Gasteiger partial charge in [0.05, 0.1) is 0 Å². The highest BCUT2D eigenvalue weighted by atomic mass is 16.4. The molecule has 3 nitrogen and oxygen atoms in total. The molecule has 0 aliphatic heterocycles. The lowest BCUT2D eigenvalue weighted by molar-refractivity contribution is -0.141. The van der Waals surface area contributed by atoms with Crippen molar-refractivity contribution in [3.05, 3.63) is 12.2 Å². The van der Waals surface area contributed by atoms with Crippen LogP contribution in [-0.2, 0) is 4.79 Å². The molecule has 1 unspecified atom stereocenters. The van der Waals surface area contributed by atoms with Crippen LogP contribution in [0.25, 0.3) is 0 Å². The Labute approximate surface area is 67.3 Å². The van der Waals surface area contributed by atoms with Crippen molar-refractivity contribution in [2.24, 2.45) is 0 Å². The molecule has 0 saturated heterocycles. The summed E-state index contributed by atoms with van der Waals surface area (Å²) < 4.78 is 0. The molecule has 0 amide bonds. The highest BCUT2D eigenvalue weighted by Gasteiger charge is 2.14. The Balaban J connectivity index is 3.82. The van der Waals surface area contributed by atoms with Crippen LogP contribution in [0, 0.1) is 0 Å². The highest BCUT2D eigenvalue weighted by molar-refractivity contribution is 5.72. The van der Waals surface area contributed by atoms with Gasteiger partial charge in [0.15, 0.2) is 0 Å². The van der Waals surface area contributed by atoms with Gasteiger partial charge in [-0.1, -0.05) is 12.2 Å². The summed E-state index contributed by atoms with van der Waals surface area (Å²) >= 11 is 0. The molecular weight excluding hydrogens is 142 g/mol. The van der Waals surface area contributed by atoms with Crippen LogP contribution >= 0.6 is 0 Å². The number of nitrogens with zero attached hydrogens (tertiary/aromatic N) is 1. The van der Waals surface area contributed by atoms with Crippen LogP contribution in [0.15, 0.2) is 12.2 Å². The molecule has 3 heteroatoms. The van der Waals surface area contributed by atoms with E-state index in [0.29, 0.717) is 6.54 Å². The molecule has 0 aliphatic rings. The SMILES string of the molecule is C/C=C/CN(C)C(C)C(=O)O. The van der Waals surface area contributed by atoms with Crippen LogP contribution in [0.5, 0.6) is 0 Å². The van der Waals surface area contributed by atoms with Gasteiger partial charge in [0.1, 0.15) is 6.04 Å². The van der Waals surface area contributed by atoms with Gasteiger partial charge < -0.3 is 5.11 Å². The summed E-state index contributed by atoms with van der Waals surface area (Å²) in [7, 11) is 1.79. The summed E-state index contributed by atoms with van der Waals surface area (Å²) in [6.45, 7) is 4.27. The number of carboxylic acids is 1. The van der Waals surface area contributed by atoms with Crippen LogP contribution in [0.4, 0.5) is 0 Å². The Morgan fingerprint density at radius 3 is 2.64 bits per heavy atom. The number of allylic oxidation sites excluding steroid dienone is 1. The molecule has 0 aromatic rings. The molecule has 0 aromatic carbocycles.